The summed E-state index contributed by atoms with van der Waals surface area (Å²) in [5, 5.41) is 11.7. The average Bonchev–Trinajstić information content (AvgIpc) is 2.71. The van der Waals surface area contributed by atoms with Crippen molar-refractivity contribution < 1.29 is 14.7 Å². The zero-order valence-electron chi connectivity index (χ0n) is 11.6. The first-order valence-electron chi connectivity index (χ1n) is 7.19. The Bertz CT molecular complexity index is 522. The predicted octanol–water partition coefficient (Wildman–Crippen LogP) is 1.73. The number of carbonyl (C=O) groups is 2. The van der Waals surface area contributed by atoms with E-state index in [1.807, 2.05) is 4.90 Å². The smallest absolute Gasteiger partial charge is 0.322 e. The van der Waals surface area contributed by atoms with Gasteiger partial charge in [-0.05, 0) is 31.6 Å². The molecule has 0 spiro atoms. The maximum atomic E-state index is 12.4. The highest BCUT2D eigenvalue weighted by Gasteiger charge is 2.43. The molecule has 21 heavy (non-hydrogen) atoms. The van der Waals surface area contributed by atoms with Gasteiger partial charge in [-0.3, -0.25) is 4.79 Å². The zero-order valence-corrected chi connectivity index (χ0v) is 11.6. The lowest BCUT2D eigenvalue weighted by Crippen LogP contribution is -2.48. The van der Waals surface area contributed by atoms with Gasteiger partial charge in [-0.1, -0.05) is 0 Å². The van der Waals surface area contributed by atoms with Crippen molar-refractivity contribution in [3.63, 3.8) is 0 Å². The van der Waals surface area contributed by atoms with Crippen LogP contribution in [-0.2, 0) is 4.79 Å². The van der Waals surface area contributed by atoms with Crippen LogP contribution in [0.1, 0.15) is 32.1 Å². The Morgan fingerprint density at radius 3 is 2.43 bits per heavy atom. The maximum absolute atomic E-state index is 12.4. The van der Waals surface area contributed by atoms with Crippen LogP contribution < -0.4 is 5.32 Å². The molecule has 3 rings (SSSR count). The minimum atomic E-state index is -0.751. The van der Waals surface area contributed by atoms with Gasteiger partial charge in [0.05, 0.1) is 18.1 Å². The van der Waals surface area contributed by atoms with Gasteiger partial charge in [0.25, 0.3) is 0 Å². The molecular formula is C14H18N4O3. The highest BCUT2D eigenvalue weighted by molar-refractivity contribution is 5.89. The molecule has 0 radical (unpaired) electrons. The van der Waals surface area contributed by atoms with Gasteiger partial charge in [-0.2, -0.15) is 0 Å². The molecule has 2 bridgehead atoms. The van der Waals surface area contributed by atoms with Gasteiger partial charge in [-0.25, -0.2) is 14.8 Å². The zero-order chi connectivity index (χ0) is 14.8. The number of carbonyl (C=O) groups excluding carboxylic acids is 1. The number of hydrogen-bond acceptors (Lipinski definition) is 4. The van der Waals surface area contributed by atoms with Crippen LogP contribution >= 0.6 is 0 Å². The highest BCUT2D eigenvalue weighted by atomic mass is 16.4. The SMILES string of the molecule is O=C(O)CC1CC2CCC(C1)N2C(=O)Nc1cncnc1. The number of amides is 2. The molecule has 7 nitrogen and oxygen atoms in total. The second-order valence-corrected chi connectivity index (χ2v) is 5.78. The lowest BCUT2D eigenvalue weighted by atomic mass is 9.88. The molecule has 2 aliphatic rings. The molecule has 0 saturated carbocycles. The molecule has 2 unspecified atom stereocenters. The van der Waals surface area contributed by atoms with E-state index in [-0.39, 0.29) is 30.5 Å². The van der Waals surface area contributed by atoms with Crippen LogP contribution in [0, 0.1) is 5.92 Å². The Labute approximate surface area is 122 Å². The molecule has 3 heterocycles. The van der Waals surface area contributed by atoms with Gasteiger partial charge in [0, 0.05) is 18.5 Å². The number of carboxylic acid groups (broad SMARTS) is 1. The van der Waals surface area contributed by atoms with Crippen molar-refractivity contribution in [2.75, 3.05) is 5.32 Å². The third kappa shape index (κ3) is 2.96. The van der Waals surface area contributed by atoms with Crippen molar-refractivity contribution in [3.8, 4) is 0 Å². The van der Waals surface area contributed by atoms with E-state index in [0.29, 0.717) is 5.69 Å². The van der Waals surface area contributed by atoms with Crippen LogP contribution in [0.15, 0.2) is 18.7 Å². The minimum Gasteiger partial charge on any atom is -0.481 e. The molecule has 2 N–H and O–H groups in total. The Morgan fingerprint density at radius 1 is 1.24 bits per heavy atom. The summed E-state index contributed by atoms with van der Waals surface area (Å²) in [6.07, 6.45) is 8.21. The topological polar surface area (TPSA) is 95.4 Å². The second kappa shape index (κ2) is 5.67. The molecule has 112 valence electrons. The summed E-state index contributed by atoms with van der Waals surface area (Å²) in [4.78, 5) is 32.9. The lowest BCUT2D eigenvalue weighted by molar-refractivity contribution is -0.138. The highest BCUT2D eigenvalue weighted by Crippen LogP contribution is 2.40. The third-order valence-corrected chi connectivity index (χ3v) is 4.34. The van der Waals surface area contributed by atoms with Gasteiger partial charge >= 0.3 is 12.0 Å². The van der Waals surface area contributed by atoms with Gasteiger partial charge in [0.15, 0.2) is 0 Å². The van der Waals surface area contributed by atoms with Crippen molar-refractivity contribution >= 4 is 17.7 Å². The molecule has 0 aliphatic carbocycles. The number of hydrogen-bond donors (Lipinski definition) is 2. The number of aromatic nitrogens is 2. The normalized spacial score (nSPS) is 27.4. The lowest BCUT2D eigenvalue weighted by Gasteiger charge is -2.38. The number of carboxylic acids is 1. The molecule has 2 aliphatic heterocycles. The molecule has 7 heteroatoms. The number of fused-ring (bicyclic) bond motifs is 2. The van der Waals surface area contributed by atoms with Crippen LogP contribution in [0.2, 0.25) is 0 Å². The van der Waals surface area contributed by atoms with Crippen molar-refractivity contribution in [2.24, 2.45) is 5.92 Å². The fourth-order valence-electron chi connectivity index (χ4n) is 3.59. The Kier molecular flexibility index (Phi) is 3.72. The first-order chi connectivity index (χ1) is 10.1. The van der Waals surface area contributed by atoms with E-state index in [4.69, 9.17) is 5.11 Å². The van der Waals surface area contributed by atoms with Gasteiger partial charge in [0.2, 0.25) is 0 Å². The number of nitrogens with one attached hydrogen (secondary N) is 1. The largest absolute Gasteiger partial charge is 0.481 e. The van der Waals surface area contributed by atoms with E-state index in [2.05, 4.69) is 15.3 Å². The summed E-state index contributed by atoms with van der Waals surface area (Å²) in [6.45, 7) is 0. The fraction of sp³-hybridized carbons (Fsp3) is 0.571. The van der Waals surface area contributed by atoms with E-state index in [9.17, 15) is 9.59 Å². The van der Waals surface area contributed by atoms with Gasteiger partial charge < -0.3 is 15.3 Å². The van der Waals surface area contributed by atoms with Crippen LogP contribution in [-0.4, -0.2) is 44.1 Å². The van der Waals surface area contributed by atoms with Crippen LogP contribution in [0.4, 0.5) is 10.5 Å². The summed E-state index contributed by atoms with van der Waals surface area (Å²) in [6, 6.07) is 0.168. The van der Waals surface area contributed by atoms with Crippen LogP contribution in [0.3, 0.4) is 0 Å². The first kappa shape index (κ1) is 13.8. The standard InChI is InChI=1S/C14H18N4O3/c19-13(20)5-9-3-11-1-2-12(4-9)18(11)14(21)17-10-6-15-8-16-7-10/h6-9,11-12H,1-5H2,(H,17,21)(H,19,20). The summed E-state index contributed by atoms with van der Waals surface area (Å²) < 4.78 is 0. The number of piperidine rings is 1. The molecule has 2 fully saturated rings. The van der Waals surface area contributed by atoms with E-state index in [0.717, 1.165) is 25.7 Å². The van der Waals surface area contributed by atoms with E-state index >= 15 is 0 Å². The number of rotatable bonds is 3. The first-order valence-corrected chi connectivity index (χ1v) is 7.19. The summed E-state index contributed by atoms with van der Waals surface area (Å²) in [7, 11) is 0. The van der Waals surface area contributed by atoms with Crippen molar-refractivity contribution in [1.82, 2.24) is 14.9 Å². The van der Waals surface area contributed by atoms with Gasteiger partial charge in [-0.15, -0.1) is 0 Å². The van der Waals surface area contributed by atoms with E-state index < -0.39 is 5.97 Å². The van der Waals surface area contributed by atoms with Crippen LogP contribution in [0.25, 0.3) is 0 Å². The van der Waals surface area contributed by atoms with Crippen molar-refractivity contribution in [3.05, 3.63) is 18.7 Å². The second-order valence-electron chi connectivity index (χ2n) is 5.78. The van der Waals surface area contributed by atoms with E-state index in [1.165, 1.54) is 6.33 Å². The molecule has 1 aromatic rings. The Morgan fingerprint density at radius 2 is 1.86 bits per heavy atom. The fourth-order valence-corrected chi connectivity index (χ4v) is 3.59. The quantitative estimate of drug-likeness (QED) is 0.883. The van der Waals surface area contributed by atoms with Crippen molar-refractivity contribution in [2.45, 2.75) is 44.2 Å². The number of urea groups is 1. The molecule has 2 amide bonds. The minimum absolute atomic E-state index is 0.133. The number of nitrogens with zero attached hydrogens (tertiary/aromatic N) is 3. The average molecular weight is 290 g/mol. The third-order valence-electron chi connectivity index (χ3n) is 4.34. The molecule has 1 aromatic heterocycles. The predicted molar refractivity (Wildman–Crippen MR) is 74.7 cm³/mol. The molecule has 0 aromatic carbocycles. The summed E-state index contributed by atoms with van der Waals surface area (Å²) >= 11 is 0. The summed E-state index contributed by atoms with van der Waals surface area (Å²) in [5.41, 5.74) is 0.578. The number of anilines is 1. The molecular weight excluding hydrogens is 272 g/mol. The Balaban J connectivity index is 1.65. The van der Waals surface area contributed by atoms with Crippen LogP contribution in [0.5, 0.6) is 0 Å². The molecule has 2 saturated heterocycles. The maximum Gasteiger partial charge on any atom is 0.322 e. The van der Waals surface area contributed by atoms with Gasteiger partial charge in [0.1, 0.15) is 6.33 Å². The molecule has 2 atom stereocenters. The van der Waals surface area contributed by atoms with E-state index in [1.54, 1.807) is 12.4 Å². The Hall–Kier alpha value is -2.18. The summed E-state index contributed by atoms with van der Waals surface area (Å²) in [5.74, 6) is -0.567. The van der Waals surface area contributed by atoms with Crippen molar-refractivity contribution in [1.29, 1.82) is 0 Å². The monoisotopic (exact) mass is 290 g/mol. The number of aliphatic carboxylic acids is 1.